The number of ether oxygens (including phenoxy) is 1. The van der Waals surface area contributed by atoms with Crippen LogP contribution in [0.2, 0.25) is 0 Å². The number of Topliss-reactive ketones (excluding diaryl/α,β-unsaturated/α-hetero) is 1. The van der Waals surface area contributed by atoms with E-state index < -0.39 is 5.97 Å². The minimum atomic E-state index is -0.536. The molecule has 0 fully saturated rings. The number of methoxy groups -OCH3 is 1. The fourth-order valence-corrected chi connectivity index (χ4v) is 2.15. The Morgan fingerprint density at radius 1 is 1.21 bits per heavy atom. The lowest BCUT2D eigenvalue weighted by Gasteiger charge is -2.06. The first-order valence-electron chi connectivity index (χ1n) is 7.39. The topological polar surface area (TPSA) is 90.3 Å². The SMILES string of the molecule is COC(=O)c1cn(CC(=O)c2ccc(CNC(C)=O)cc2)c(C)n1. The van der Waals surface area contributed by atoms with E-state index in [2.05, 4.69) is 15.0 Å². The van der Waals surface area contributed by atoms with Gasteiger partial charge in [-0.15, -0.1) is 0 Å². The van der Waals surface area contributed by atoms with E-state index in [9.17, 15) is 14.4 Å². The van der Waals surface area contributed by atoms with Gasteiger partial charge in [0.05, 0.1) is 13.7 Å². The number of carbonyl (C=O) groups is 3. The zero-order chi connectivity index (χ0) is 17.7. The van der Waals surface area contributed by atoms with Crippen molar-refractivity contribution in [1.82, 2.24) is 14.9 Å². The van der Waals surface area contributed by atoms with Crippen molar-refractivity contribution in [2.24, 2.45) is 0 Å². The second-order valence-corrected chi connectivity index (χ2v) is 5.32. The molecule has 2 rings (SSSR count). The van der Waals surface area contributed by atoms with Gasteiger partial charge in [-0.25, -0.2) is 9.78 Å². The summed E-state index contributed by atoms with van der Waals surface area (Å²) in [6.45, 7) is 3.68. The molecule has 0 aliphatic rings. The molecule has 0 aliphatic carbocycles. The average Bonchev–Trinajstić information content (AvgIpc) is 2.93. The van der Waals surface area contributed by atoms with Gasteiger partial charge in [0.2, 0.25) is 5.91 Å². The van der Waals surface area contributed by atoms with Crippen LogP contribution in [0, 0.1) is 6.92 Å². The van der Waals surface area contributed by atoms with E-state index in [4.69, 9.17) is 0 Å². The van der Waals surface area contributed by atoms with E-state index >= 15 is 0 Å². The summed E-state index contributed by atoms with van der Waals surface area (Å²) in [4.78, 5) is 38.8. The Hall–Kier alpha value is -2.96. The van der Waals surface area contributed by atoms with Crippen LogP contribution in [-0.2, 0) is 22.6 Å². The maximum absolute atomic E-state index is 12.4. The molecule has 126 valence electrons. The molecule has 0 radical (unpaired) electrons. The minimum Gasteiger partial charge on any atom is -0.464 e. The zero-order valence-electron chi connectivity index (χ0n) is 13.8. The largest absolute Gasteiger partial charge is 0.464 e. The molecule has 0 saturated carbocycles. The molecule has 1 aromatic heterocycles. The molecule has 0 aliphatic heterocycles. The molecule has 0 spiro atoms. The summed E-state index contributed by atoms with van der Waals surface area (Å²) >= 11 is 0. The summed E-state index contributed by atoms with van der Waals surface area (Å²) in [5, 5.41) is 2.70. The van der Waals surface area contributed by atoms with Crippen LogP contribution >= 0.6 is 0 Å². The summed E-state index contributed by atoms with van der Waals surface area (Å²) in [5.41, 5.74) is 1.64. The number of nitrogens with one attached hydrogen (secondary N) is 1. The van der Waals surface area contributed by atoms with Gasteiger partial charge in [0, 0.05) is 25.2 Å². The number of benzene rings is 1. The van der Waals surface area contributed by atoms with Crippen molar-refractivity contribution in [3.8, 4) is 0 Å². The molecule has 24 heavy (non-hydrogen) atoms. The normalized spacial score (nSPS) is 10.3. The maximum Gasteiger partial charge on any atom is 0.358 e. The van der Waals surface area contributed by atoms with Crippen molar-refractivity contribution in [2.45, 2.75) is 26.9 Å². The zero-order valence-corrected chi connectivity index (χ0v) is 13.8. The van der Waals surface area contributed by atoms with Crippen molar-refractivity contribution in [1.29, 1.82) is 0 Å². The Labute approximate surface area is 139 Å². The van der Waals surface area contributed by atoms with Gasteiger partial charge >= 0.3 is 5.97 Å². The molecule has 1 heterocycles. The lowest BCUT2D eigenvalue weighted by Crippen LogP contribution is -2.19. The smallest absolute Gasteiger partial charge is 0.358 e. The molecular formula is C17H19N3O4. The third-order valence-electron chi connectivity index (χ3n) is 3.50. The Morgan fingerprint density at radius 2 is 1.88 bits per heavy atom. The van der Waals surface area contributed by atoms with Gasteiger partial charge < -0.3 is 14.6 Å². The van der Waals surface area contributed by atoms with Crippen molar-refractivity contribution in [3.63, 3.8) is 0 Å². The van der Waals surface area contributed by atoms with Crippen molar-refractivity contribution < 1.29 is 19.1 Å². The summed E-state index contributed by atoms with van der Waals surface area (Å²) < 4.78 is 6.23. The van der Waals surface area contributed by atoms with Gasteiger partial charge in [0.25, 0.3) is 0 Å². The molecule has 1 amide bonds. The predicted octanol–water partition coefficient (Wildman–Crippen LogP) is 1.50. The molecule has 7 nitrogen and oxygen atoms in total. The van der Waals surface area contributed by atoms with Crippen molar-refractivity contribution in [3.05, 3.63) is 53.1 Å². The summed E-state index contributed by atoms with van der Waals surface area (Å²) in [6.07, 6.45) is 1.50. The number of carbonyl (C=O) groups excluding carboxylic acids is 3. The van der Waals surface area contributed by atoms with E-state index in [-0.39, 0.29) is 23.9 Å². The highest BCUT2D eigenvalue weighted by atomic mass is 16.5. The van der Waals surface area contributed by atoms with Crippen molar-refractivity contribution in [2.75, 3.05) is 7.11 Å². The van der Waals surface area contributed by atoms with E-state index in [1.807, 2.05) is 0 Å². The van der Waals surface area contributed by atoms with Gasteiger partial charge in [0.1, 0.15) is 5.82 Å². The maximum atomic E-state index is 12.4. The second kappa shape index (κ2) is 7.54. The van der Waals surface area contributed by atoms with Crippen LogP contribution in [0.3, 0.4) is 0 Å². The van der Waals surface area contributed by atoms with Crippen LogP contribution in [0.1, 0.15) is 39.2 Å². The number of hydrogen-bond acceptors (Lipinski definition) is 5. The van der Waals surface area contributed by atoms with Crippen LogP contribution in [0.5, 0.6) is 0 Å². The summed E-state index contributed by atoms with van der Waals surface area (Å²) in [7, 11) is 1.28. The molecule has 0 atom stereocenters. The van der Waals surface area contributed by atoms with Crippen molar-refractivity contribution >= 4 is 17.7 Å². The number of aryl methyl sites for hydroxylation is 1. The van der Waals surface area contributed by atoms with Crippen LogP contribution < -0.4 is 5.32 Å². The Morgan fingerprint density at radius 3 is 2.46 bits per heavy atom. The Bertz CT molecular complexity index is 763. The summed E-state index contributed by atoms with van der Waals surface area (Å²) in [5.74, 6) is -0.178. The second-order valence-electron chi connectivity index (χ2n) is 5.32. The molecule has 0 saturated heterocycles. The fourth-order valence-electron chi connectivity index (χ4n) is 2.15. The molecule has 1 aromatic carbocycles. The van der Waals surface area contributed by atoms with Crippen LogP contribution in [0.25, 0.3) is 0 Å². The number of imidazole rings is 1. The van der Waals surface area contributed by atoms with Crippen LogP contribution in [-0.4, -0.2) is 34.3 Å². The first-order chi connectivity index (χ1) is 11.4. The third-order valence-corrected chi connectivity index (χ3v) is 3.50. The first-order valence-corrected chi connectivity index (χ1v) is 7.39. The van der Waals surface area contributed by atoms with Gasteiger partial charge in [-0.3, -0.25) is 9.59 Å². The third kappa shape index (κ3) is 4.28. The number of aromatic nitrogens is 2. The number of hydrogen-bond donors (Lipinski definition) is 1. The number of rotatable bonds is 6. The highest BCUT2D eigenvalue weighted by Gasteiger charge is 2.15. The average molecular weight is 329 g/mol. The molecule has 1 N–H and O–H groups in total. The van der Waals surface area contributed by atoms with E-state index in [1.54, 1.807) is 35.8 Å². The van der Waals surface area contributed by atoms with Crippen LogP contribution in [0.4, 0.5) is 0 Å². The molecular weight excluding hydrogens is 310 g/mol. The highest BCUT2D eigenvalue weighted by molar-refractivity contribution is 5.96. The quantitative estimate of drug-likeness (QED) is 0.640. The lowest BCUT2D eigenvalue weighted by atomic mass is 10.1. The number of ketones is 1. The monoisotopic (exact) mass is 329 g/mol. The van der Waals surface area contributed by atoms with Gasteiger partial charge in [0.15, 0.2) is 11.5 Å². The number of esters is 1. The van der Waals surface area contributed by atoms with Crippen LogP contribution in [0.15, 0.2) is 30.5 Å². The van der Waals surface area contributed by atoms with E-state index in [0.29, 0.717) is 17.9 Å². The molecule has 0 bridgehead atoms. The standard InChI is InChI=1S/C17H19N3O4/c1-11-19-15(17(23)24-3)9-20(11)10-16(22)14-6-4-13(5-7-14)8-18-12(2)21/h4-7,9H,8,10H2,1-3H3,(H,18,21). The first kappa shape index (κ1) is 17.4. The number of nitrogens with zero attached hydrogens (tertiary/aromatic N) is 2. The molecule has 2 aromatic rings. The van der Waals surface area contributed by atoms with Gasteiger partial charge in [-0.2, -0.15) is 0 Å². The Balaban J connectivity index is 2.06. The van der Waals surface area contributed by atoms with E-state index in [1.165, 1.54) is 20.2 Å². The molecule has 7 heteroatoms. The van der Waals surface area contributed by atoms with Gasteiger partial charge in [-0.1, -0.05) is 24.3 Å². The molecule has 0 unspecified atom stereocenters. The predicted molar refractivity (Wildman–Crippen MR) is 86.6 cm³/mol. The highest BCUT2D eigenvalue weighted by Crippen LogP contribution is 2.09. The summed E-state index contributed by atoms with van der Waals surface area (Å²) in [6, 6.07) is 7.02. The Kier molecular flexibility index (Phi) is 5.47. The van der Waals surface area contributed by atoms with E-state index in [0.717, 1.165) is 5.56 Å². The van der Waals surface area contributed by atoms with Gasteiger partial charge in [-0.05, 0) is 12.5 Å². The lowest BCUT2D eigenvalue weighted by molar-refractivity contribution is -0.119. The fraction of sp³-hybridized carbons (Fsp3) is 0.294. The minimum absolute atomic E-state index is 0.0842. The number of amides is 1.